The summed E-state index contributed by atoms with van der Waals surface area (Å²) in [4.78, 5) is 2.32. The second-order valence-corrected chi connectivity index (χ2v) is 13.8. The van der Waals surface area contributed by atoms with Crippen molar-refractivity contribution in [3.05, 3.63) is 118 Å². The zero-order valence-electron chi connectivity index (χ0n) is 26.0. The Labute approximate surface area is 267 Å². The number of benzene rings is 3. The van der Waals surface area contributed by atoms with E-state index in [9.17, 15) is 0 Å². The van der Waals surface area contributed by atoms with Crippen LogP contribution in [0.4, 0.5) is 11.4 Å². The first kappa shape index (κ1) is 32.2. The van der Waals surface area contributed by atoms with Gasteiger partial charge in [-0.15, -0.1) is 0 Å². The Hall–Kier alpha value is -3.23. The van der Waals surface area contributed by atoms with Gasteiger partial charge in [-0.1, -0.05) is 80.1 Å². The molecule has 1 aliphatic carbocycles. The van der Waals surface area contributed by atoms with Gasteiger partial charge in [0, 0.05) is 46.6 Å². The predicted octanol–water partition coefficient (Wildman–Crippen LogP) is 5.19. The lowest BCUT2D eigenvalue weighted by atomic mass is 9.79. The number of halogens is 2. The monoisotopic (exact) mass is 633 g/mol. The number of anilines is 1. The van der Waals surface area contributed by atoms with Crippen LogP contribution in [-0.4, -0.2) is 29.0 Å². The summed E-state index contributed by atoms with van der Waals surface area (Å²) in [5.74, 6) is 0. The van der Waals surface area contributed by atoms with Gasteiger partial charge in [0.2, 0.25) is 5.69 Å². The van der Waals surface area contributed by atoms with E-state index in [2.05, 4.69) is 136 Å². The van der Waals surface area contributed by atoms with E-state index in [1.165, 1.54) is 55.8 Å². The molecule has 230 valence electrons. The van der Waals surface area contributed by atoms with Crippen molar-refractivity contribution in [2.24, 2.45) is 0 Å². The number of nitrogens with zero attached hydrogens (tertiary/aromatic N) is 2. The SMILES string of the molecule is CN1/C(=C\C=C2/CCCC(/C=C/C3=[N+](C)c4ccc5ccccc5c4C3(C)C)=C2Cl)C(C)(C)c2ccccc21.[O-][Cl+3]([O-])([O-])O. The van der Waals surface area contributed by atoms with Gasteiger partial charge in [0.15, 0.2) is 5.71 Å². The summed E-state index contributed by atoms with van der Waals surface area (Å²) >= 11 is 7.09. The van der Waals surface area contributed by atoms with Gasteiger partial charge >= 0.3 is 0 Å². The average molecular weight is 635 g/mol. The molecule has 0 bridgehead atoms. The van der Waals surface area contributed by atoms with Crippen molar-refractivity contribution in [3.63, 3.8) is 0 Å². The lowest BCUT2D eigenvalue weighted by molar-refractivity contribution is -1.92. The highest BCUT2D eigenvalue weighted by atomic mass is 35.7. The molecule has 0 amide bonds. The highest BCUT2D eigenvalue weighted by Gasteiger charge is 2.44. The number of hydrogen-bond donors (Lipinski definition) is 1. The van der Waals surface area contributed by atoms with Crippen molar-refractivity contribution in [2.45, 2.75) is 57.8 Å². The third kappa shape index (κ3) is 6.03. The first-order chi connectivity index (χ1) is 20.6. The Morgan fingerprint density at radius 1 is 0.886 bits per heavy atom. The van der Waals surface area contributed by atoms with Crippen molar-refractivity contribution < 1.29 is 33.5 Å². The lowest BCUT2D eigenvalue weighted by Crippen LogP contribution is -2.58. The lowest BCUT2D eigenvalue weighted by Gasteiger charge is -2.24. The number of likely N-dealkylation sites (N-methyl/N-ethyl adjacent to an activating group) is 1. The Morgan fingerprint density at radius 3 is 2.25 bits per heavy atom. The smallest absolute Gasteiger partial charge is 0.210 e. The first-order valence-electron chi connectivity index (χ1n) is 14.7. The summed E-state index contributed by atoms with van der Waals surface area (Å²) in [6.45, 7) is 9.30. The van der Waals surface area contributed by atoms with Crippen LogP contribution in [0.2, 0.25) is 0 Å². The molecule has 0 radical (unpaired) electrons. The van der Waals surface area contributed by atoms with Crippen molar-refractivity contribution >= 4 is 39.5 Å². The van der Waals surface area contributed by atoms with E-state index < -0.39 is 10.2 Å². The van der Waals surface area contributed by atoms with Crippen molar-refractivity contribution in [1.82, 2.24) is 0 Å². The Morgan fingerprint density at radius 2 is 1.55 bits per heavy atom. The molecule has 6 rings (SSSR count). The van der Waals surface area contributed by atoms with E-state index in [1.54, 1.807) is 0 Å². The molecule has 8 heteroatoms. The number of fused-ring (bicyclic) bond motifs is 4. The summed E-state index contributed by atoms with van der Waals surface area (Å²) in [6.07, 6.45) is 12.3. The number of hydrogen-bond acceptors (Lipinski definition) is 5. The van der Waals surface area contributed by atoms with E-state index in [1.807, 2.05) is 0 Å². The van der Waals surface area contributed by atoms with Gasteiger partial charge in [-0.3, -0.25) is 0 Å². The minimum atomic E-state index is -4.69. The Balaban J connectivity index is 0.000000712. The third-order valence-corrected chi connectivity index (χ3v) is 9.66. The van der Waals surface area contributed by atoms with Crippen LogP contribution < -0.4 is 18.9 Å². The first-order valence-corrected chi connectivity index (χ1v) is 16.3. The summed E-state index contributed by atoms with van der Waals surface area (Å²) in [5, 5.41) is 3.54. The van der Waals surface area contributed by atoms with E-state index in [0.29, 0.717) is 0 Å². The summed E-state index contributed by atoms with van der Waals surface area (Å²) in [7, 11) is -0.336. The molecular formula is C36H39Cl2N2O4+. The fourth-order valence-electron chi connectivity index (χ4n) is 7.06. The molecule has 0 spiro atoms. The molecular weight excluding hydrogens is 595 g/mol. The molecule has 3 aromatic carbocycles. The molecule has 0 saturated heterocycles. The highest BCUT2D eigenvalue weighted by Crippen LogP contribution is 2.47. The molecule has 3 aliphatic rings. The average Bonchev–Trinajstić information content (AvgIpc) is 3.28. The van der Waals surface area contributed by atoms with Gasteiger partial charge in [-0.25, -0.2) is 0 Å². The van der Waals surface area contributed by atoms with Gasteiger partial charge in [-0.05, 0) is 78.8 Å². The second-order valence-electron chi connectivity index (χ2n) is 12.6. The van der Waals surface area contributed by atoms with Crippen LogP contribution in [0, 0.1) is 10.2 Å². The maximum atomic E-state index is 8.60. The van der Waals surface area contributed by atoms with Gasteiger partial charge in [0.25, 0.3) is 0 Å². The van der Waals surface area contributed by atoms with Crippen molar-refractivity contribution in [3.8, 4) is 0 Å². The third-order valence-electron chi connectivity index (χ3n) is 9.18. The molecule has 44 heavy (non-hydrogen) atoms. The van der Waals surface area contributed by atoms with Gasteiger partial charge in [0.05, 0.1) is 20.3 Å². The molecule has 0 unspecified atom stereocenters. The van der Waals surface area contributed by atoms with Crippen LogP contribution in [0.3, 0.4) is 0 Å². The van der Waals surface area contributed by atoms with E-state index in [4.69, 9.17) is 30.2 Å². The minimum absolute atomic E-state index is 0.0373. The Bertz CT molecular complexity index is 1770. The zero-order valence-corrected chi connectivity index (χ0v) is 27.5. The van der Waals surface area contributed by atoms with Crippen molar-refractivity contribution in [1.29, 1.82) is 0 Å². The van der Waals surface area contributed by atoms with Crippen LogP contribution in [0.5, 0.6) is 0 Å². The number of para-hydroxylation sites is 1. The van der Waals surface area contributed by atoms with Gasteiger partial charge in [0.1, 0.15) is 7.05 Å². The maximum absolute atomic E-state index is 8.60. The van der Waals surface area contributed by atoms with Crippen molar-refractivity contribution in [2.75, 3.05) is 19.0 Å². The van der Waals surface area contributed by atoms with Gasteiger partial charge < -0.3 is 4.90 Å². The van der Waals surface area contributed by atoms with Crippen LogP contribution in [0.1, 0.15) is 58.1 Å². The number of rotatable bonds is 3. The molecule has 0 aromatic heterocycles. The van der Waals surface area contributed by atoms with Crippen LogP contribution in [0.15, 0.2) is 107 Å². The van der Waals surface area contributed by atoms with E-state index in [-0.39, 0.29) is 10.8 Å². The van der Waals surface area contributed by atoms with E-state index >= 15 is 0 Å². The maximum Gasteiger partial charge on any atom is 0.210 e. The molecule has 0 fully saturated rings. The van der Waals surface area contributed by atoms with Crippen LogP contribution in [0.25, 0.3) is 10.8 Å². The van der Waals surface area contributed by atoms with Gasteiger partial charge in [-0.2, -0.15) is 18.6 Å². The minimum Gasteiger partial charge on any atom is -0.347 e. The topological polar surface area (TPSA) is 95.7 Å². The summed E-state index contributed by atoms with van der Waals surface area (Å²) in [6, 6.07) is 21.9. The predicted molar refractivity (Wildman–Crippen MR) is 170 cm³/mol. The molecule has 1 N–H and O–H groups in total. The second kappa shape index (κ2) is 11.9. The molecule has 3 aromatic rings. The normalized spacial score (nSPS) is 20.9. The standard InChI is InChI=1S/C36H38ClN2.ClHO4/c1-35(2)28-16-9-10-17-29(28)38(5)31(35)22-19-25-13-11-14-26(34(25)37)20-23-32-36(3,4)33-27-15-8-7-12-24(27)18-21-30(33)39(32)6;2-1(3,4)5/h7-10,12,15-23H,11,13-14H2,1-6H3;(H,2,3,4,5)/q+1;. The van der Waals surface area contributed by atoms with Crippen LogP contribution in [-0.2, 0) is 10.8 Å². The fourth-order valence-corrected chi connectivity index (χ4v) is 7.38. The summed E-state index contributed by atoms with van der Waals surface area (Å²) < 4.78 is 35.1. The summed E-state index contributed by atoms with van der Waals surface area (Å²) in [5.41, 5.74) is 10.3. The largest absolute Gasteiger partial charge is 0.347 e. The zero-order chi connectivity index (χ0) is 32.0. The molecule has 0 atom stereocenters. The quantitative estimate of drug-likeness (QED) is 0.400. The molecule has 2 heterocycles. The van der Waals surface area contributed by atoms with E-state index in [0.717, 1.165) is 24.3 Å². The van der Waals surface area contributed by atoms with Crippen LogP contribution >= 0.6 is 11.6 Å². The molecule has 2 aliphatic heterocycles. The Kier molecular flexibility index (Phi) is 8.73. The highest BCUT2D eigenvalue weighted by molar-refractivity contribution is 6.32. The molecule has 6 nitrogen and oxygen atoms in total. The number of allylic oxidation sites excluding steroid dienone is 8. The fraction of sp³-hybridized carbons (Fsp3) is 0.306. The molecule has 0 saturated carbocycles.